The average molecular weight is 337 g/mol. The van der Waals surface area contributed by atoms with Crippen molar-refractivity contribution in [2.24, 2.45) is 5.73 Å². The van der Waals surface area contributed by atoms with Crippen LogP contribution in [0, 0.1) is 0 Å². The molecule has 0 spiro atoms. The number of fused-ring (bicyclic) bond motifs is 1. The van der Waals surface area contributed by atoms with Gasteiger partial charge in [-0.25, -0.2) is 4.98 Å². The highest BCUT2D eigenvalue weighted by Gasteiger charge is 2.28. The van der Waals surface area contributed by atoms with Gasteiger partial charge in [-0.3, -0.25) is 4.79 Å². The third-order valence-electron chi connectivity index (χ3n) is 2.79. The van der Waals surface area contributed by atoms with Crippen LogP contribution in [0.4, 0.5) is 10.8 Å². The SMILES string of the molecule is N/C(=C1\C(=O)Nc2ccc(Br)cc21)c1csc(N)n1. The van der Waals surface area contributed by atoms with E-state index in [1.54, 1.807) is 5.38 Å². The lowest BCUT2D eigenvalue weighted by Gasteiger charge is -2.03. The second-order valence-electron chi connectivity index (χ2n) is 4.00. The Labute approximate surface area is 121 Å². The van der Waals surface area contributed by atoms with Crippen molar-refractivity contribution in [3.63, 3.8) is 0 Å². The van der Waals surface area contributed by atoms with Crippen LogP contribution in [0.25, 0.3) is 11.3 Å². The standard InChI is InChI=1S/C12H9BrN4OS/c13-5-1-2-7-6(3-5)9(11(18)16-7)10(14)8-4-19-12(15)17-8/h1-4H,14H2,(H2,15,17)(H,16,18)/b10-9-. The molecular formula is C12H9BrN4OS. The van der Waals surface area contributed by atoms with Gasteiger partial charge in [0.2, 0.25) is 0 Å². The zero-order chi connectivity index (χ0) is 13.6. The minimum atomic E-state index is -0.225. The second-order valence-corrected chi connectivity index (χ2v) is 5.81. The number of hydrogen-bond acceptors (Lipinski definition) is 5. The molecule has 0 saturated carbocycles. The van der Waals surface area contributed by atoms with Crippen LogP contribution in [0.15, 0.2) is 28.1 Å². The molecule has 1 aromatic carbocycles. The highest BCUT2D eigenvalue weighted by atomic mass is 79.9. The molecule has 5 N–H and O–H groups in total. The summed E-state index contributed by atoms with van der Waals surface area (Å²) in [6.07, 6.45) is 0. The van der Waals surface area contributed by atoms with E-state index in [1.807, 2.05) is 18.2 Å². The molecule has 0 bridgehead atoms. The fourth-order valence-corrected chi connectivity index (χ4v) is 2.87. The van der Waals surface area contributed by atoms with E-state index in [2.05, 4.69) is 26.2 Å². The van der Waals surface area contributed by atoms with Crippen LogP contribution < -0.4 is 16.8 Å². The normalized spacial score (nSPS) is 16.2. The summed E-state index contributed by atoms with van der Waals surface area (Å²) in [5.41, 5.74) is 14.5. The van der Waals surface area contributed by atoms with Gasteiger partial charge >= 0.3 is 0 Å². The quantitative estimate of drug-likeness (QED) is 0.696. The van der Waals surface area contributed by atoms with Gasteiger partial charge in [0.05, 0.1) is 11.3 Å². The van der Waals surface area contributed by atoms with Gasteiger partial charge in [0.25, 0.3) is 5.91 Å². The molecule has 3 rings (SSSR count). The van der Waals surface area contributed by atoms with E-state index in [9.17, 15) is 4.79 Å². The number of anilines is 2. The maximum absolute atomic E-state index is 12.0. The number of halogens is 1. The number of carbonyl (C=O) groups is 1. The third-order valence-corrected chi connectivity index (χ3v) is 3.96. The summed E-state index contributed by atoms with van der Waals surface area (Å²) in [5, 5.41) is 4.94. The fraction of sp³-hybridized carbons (Fsp3) is 0. The van der Waals surface area contributed by atoms with Crippen LogP contribution in [-0.2, 0) is 4.79 Å². The van der Waals surface area contributed by atoms with E-state index in [4.69, 9.17) is 11.5 Å². The maximum Gasteiger partial charge on any atom is 0.258 e. The molecule has 96 valence electrons. The first-order chi connectivity index (χ1) is 9.06. The Morgan fingerprint density at radius 3 is 2.89 bits per heavy atom. The molecule has 0 saturated heterocycles. The molecule has 1 aromatic heterocycles. The van der Waals surface area contributed by atoms with Crippen LogP contribution in [0.3, 0.4) is 0 Å². The fourth-order valence-electron chi connectivity index (χ4n) is 1.95. The number of nitrogens with one attached hydrogen (secondary N) is 1. The van der Waals surface area contributed by atoms with Crippen molar-refractivity contribution in [1.29, 1.82) is 0 Å². The lowest BCUT2D eigenvalue weighted by Crippen LogP contribution is -2.10. The number of nitrogen functional groups attached to an aromatic ring is 1. The van der Waals surface area contributed by atoms with Crippen LogP contribution in [0.1, 0.15) is 11.3 Å². The first-order valence-electron chi connectivity index (χ1n) is 5.38. The number of nitrogens with zero attached hydrogens (tertiary/aromatic N) is 1. The molecular weight excluding hydrogens is 328 g/mol. The molecule has 0 aliphatic carbocycles. The number of thiazole rings is 1. The lowest BCUT2D eigenvalue weighted by atomic mass is 10.0. The number of carbonyl (C=O) groups excluding carboxylic acids is 1. The summed E-state index contributed by atoms with van der Waals surface area (Å²) in [6, 6.07) is 5.54. The van der Waals surface area contributed by atoms with Gasteiger partial charge in [0, 0.05) is 21.1 Å². The highest BCUT2D eigenvalue weighted by molar-refractivity contribution is 9.10. The Morgan fingerprint density at radius 1 is 1.42 bits per heavy atom. The van der Waals surface area contributed by atoms with Gasteiger partial charge in [-0.15, -0.1) is 11.3 Å². The smallest absolute Gasteiger partial charge is 0.258 e. The highest BCUT2D eigenvalue weighted by Crippen LogP contribution is 2.37. The van der Waals surface area contributed by atoms with Crippen LogP contribution >= 0.6 is 27.3 Å². The molecule has 1 amide bonds. The number of benzene rings is 1. The van der Waals surface area contributed by atoms with Crippen LogP contribution in [0.2, 0.25) is 0 Å². The summed E-state index contributed by atoms with van der Waals surface area (Å²) < 4.78 is 0.880. The topological polar surface area (TPSA) is 94.0 Å². The molecule has 7 heteroatoms. The largest absolute Gasteiger partial charge is 0.396 e. The molecule has 19 heavy (non-hydrogen) atoms. The van der Waals surface area contributed by atoms with E-state index in [1.165, 1.54) is 11.3 Å². The Morgan fingerprint density at radius 2 is 2.21 bits per heavy atom. The second kappa shape index (κ2) is 4.36. The Hall–Kier alpha value is -1.86. The molecule has 2 heterocycles. The Balaban J connectivity index is 2.20. The average Bonchev–Trinajstić information content (AvgIpc) is 2.91. The third kappa shape index (κ3) is 2.00. The summed E-state index contributed by atoms with van der Waals surface area (Å²) in [4.78, 5) is 16.2. The van der Waals surface area contributed by atoms with Crippen molar-refractivity contribution in [2.45, 2.75) is 0 Å². The predicted molar refractivity (Wildman–Crippen MR) is 80.3 cm³/mol. The van der Waals surface area contributed by atoms with Gasteiger partial charge in [0.15, 0.2) is 5.13 Å². The lowest BCUT2D eigenvalue weighted by molar-refractivity contribution is -0.110. The number of rotatable bonds is 1. The van der Waals surface area contributed by atoms with Crippen molar-refractivity contribution in [2.75, 3.05) is 11.1 Å². The Kier molecular flexibility index (Phi) is 2.79. The first-order valence-corrected chi connectivity index (χ1v) is 7.06. The van der Waals surface area contributed by atoms with Gasteiger partial charge in [0.1, 0.15) is 5.69 Å². The van der Waals surface area contributed by atoms with E-state index in [0.29, 0.717) is 22.1 Å². The number of nitrogens with two attached hydrogens (primary N) is 2. The molecule has 0 fully saturated rings. The van der Waals surface area contributed by atoms with Crippen molar-refractivity contribution in [3.8, 4) is 0 Å². The van der Waals surface area contributed by atoms with Crippen LogP contribution in [0.5, 0.6) is 0 Å². The van der Waals surface area contributed by atoms with Gasteiger partial charge in [-0.05, 0) is 18.2 Å². The summed E-state index contributed by atoms with van der Waals surface area (Å²) >= 11 is 4.67. The number of amides is 1. The van der Waals surface area contributed by atoms with Crippen molar-refractivity contribution >= 4 is 55.3 Å². The summed E-state index contributed by atoms with van der Waals surface area (Å²) in [5.74, 6) is -0.225. The van der Waals surface area contributed by atoms with Crippen LogP contribution in [-0.4, -0.2) is 10.9 Å². The minimum absolute atomic E-state index is 0.225. The van der Waals surface area contributed by atoms with Gasteiger partial charge in [-0.2, -0.15) is 0 Å². The monoisotopic (exact) mass is 336 g/mol. The molecule has 1 aliphatic rings. The first kappa shape index (κ1) is 12.2. The van der Waals surface area contributed by atoms with E-state index < -0.39 is 0 Å². The van der Waals surface area contributed by atoms with Crippen molar-refractivity contribution in [3.05, 3.63) is 39.3 Å². The summed E-state index contributed by atoms with van der Waals surface area (Å²) in [7, 11) is 0. The van der Waals surface area contributed by atoms with E-state index in [0.717, 1.165) is 15.7 Å². The predicted octanol–water partition coefficient (Wildman–Crippen LogP) is 2.27. The molecule has 2 aromatic rings. The zero-order valence-corrected chi connectivity index (χ0v) is 12.0. The molecule has 0 atom stereocenters. The molecule has 5 nitrogen and oxygen atoms in total. The summed E-state index contributed by atoms with van der Waals surface area (Å²) in [6.45, 7) is 0. The van der Waals surface area contributed by atoms with Crippen molar-refractivity contribution < 1.29 is 4.79 Å². The molecule has 0 radical (unpaired) electrons. The zero-order valence-electron chi connectivity index (χ0n) is 9.61. The van der Waals surface area contributed by atoms with E-state index in [-0.39, 0.29) is 5.91 Å². The minimum Gasteiger partial charge on any atom is -0.396 e. The number of hydrogen-bond donors (Lipinski definition) is 3. The maximum atomic E-state index is 12.0. The Bertz CT molecular complexity index is 722. The number of aromatic nitrogens is 1. The van der Waals surface area contributed by atoms with E-state index >= 15 is 0 Å². The van der Waals surface area contributed by atoms with Crippen molar-refractivity contribution in [1.82, 2.24) is 4.98 Å². The van der Waals surface area contributed by atoms with Gasteiger partial charge in [-0.1, -0.05) is 15.9 Å². The van der Waals surface area contributed by atoms with Gasteiger partial charge < -0.3 is 16.8 Å². The molecule has 0 unspecified atom stereocenters. The molecule has 1 aliphatic heterocycles.